The largest absolute Gasteiger partial charge is 0.369 e. The van der Waals surface area contributed by atoms with Crippen molar-refractivity contribution in [2.24, 2.45) is 0 Å². The minimum Gasteiger partial charge on any atom is -0.369 e. The third-order valence-corrected chi connectivity index (χ3v) is 8.00. The number of aryl methyl sites for hydroxylation is 1. The van der Waals surface area contributed by atoms with Crippen LogP contribution in [-0.2, 0) is 4.74 Å². The zero-order valence-electron chi connectivity index (χ0n) is 23.3. The quantitative estimate of drug-likeness (QED) is 0.240. The van der Waals surface area contributed by atoms with Crippen molar-refractivity contribution in [1.82, 2.24) is 19.4 Å². The normalized spacial score (nSPS) is 17.2. The predicted octanol–water partition coefficient (Wildman–Crippen LogP) is 7.86. The number of pyridine rings is 1. The van der Waals surface area contributed by atoms with Gasteiger partial charge in [-0.2, -0.15) is 0 Å². The molecule has 0 saturated heterocycles. The van der Waals surface area contributed by atoms with E-state index in [-0.39, 0.29) is 12.4 Å². The monoisotopic (exact) mass is 527 g/mol. The van der Waals surface area contributed by atoms with Crippen molar-refractivity contribution < 1.29 is 4.74 Å². The zero-order valence-corrected chi connectivity index (χ0v) is 23.3. The van der Waals surface area contributed by atoms with Gasteiger partial charge in [0.1, 0.15) is 17.9 Å². The number of para-hydroxylation sites is 3. The molecule has 0 aliphatic carbocycles. The van der Waals surface area contributed by atoms with E-state index in [1.165, 1.54) is 21.7 Å². The van der Waals surface area contributed by atoms with Gasteiger partial charge >= 0.3 is 0 Å². The van der Waals surface area contributed by atoms with Crippen LogP contribution in [0.5, 0.6) is 0 Å². The molecule has 0 bridgehead atoms. The van der Waals surface area contributed by atoms with Crippen LogP contribution in [0, 0.1) is 6.92 Å². The topological polar surface area (TPSA) is 56.0 Å². The van der Waals surface area contributed by atoms with Crippen molar-refractivity contribution in [1.29, 1.82) is 0 Å². The molecule has 1 aliphatic rings. The fraction of sp³-hybridized carbons (Fsp3) is 0.206. The second-order valence-corrected chi connectivity index (χ2v) is 10.5. The van der Waals surface area contributed by atoms with Crippen molar-refractivity contribution >= 4 is 44.5 Å². The standard InChI is InChI=1S/C34H33N5O/c1-5-6-16-27-21(2)23-13-7-10-17-28(23)39(27)33-32-26(35-22(3)36-34(32)40-4)20-31(37-33)38-29-18-11-8-14-24(29)25-15-9-12-19-30(25)38/h6-20,22,34-36H,5H2,1-4H3/b16-6-. The number of rotatable bonds is 5. The van der Waals surface area contributed by atoms with Gasteiger partial charge in [0.15, 0.2) is 0 Å². The molecular formula is C34H33N5O. The molecule has 6 aromatic rings. The van der Waals surface area contributed by atoms with Crippen LogP contribution in [0.4, 0.5) is 5.69 Å². The maximum Gasteiger partial charge on any atom is 0.149 e. The summed E-state index contributed by atoms with van der Waals surface area (Å²) in [4.78, 5) is 5.49. The van der Waals surface area contributed by atoms with Gasteiger partial charge in [-0.25, -0.2) is 4.98 Å². The molecule has 2 unspecified atom stereocenters. The van der Waals surface area contributed by atoms with Gasteiger partial charge in [0.25, 0.3) is 0 Å². The Balaban J connectivity index is 1.62. The Morgan fingerprint density at radius 2 is 1.48 bits per heavy atom. The fourth-order valence-electron chi connectivity index (χ4n) is 6.21. The Morgan fingerprint density at radius 1 is 0.875 bits per heavy atom. The maximum absolute atomic E-state index is 6.03. The molecule has 0 saturated carbocycles. The Labute approximate surface area is 233 Å². The van der Waals surface area contributed by atoms with Gasteiger partial charge in [0, 0.05) is 35.0 Å². The van der Waals surface area contributed by atoms with Gasteiger partial charge in [0.2, 0.25) is 0 Å². The Bertz CT molecular complexity index is 1880. The smallest absolute Gasteiger partial charge is 0.149 e. The molecule has 3 aromatic carbocycles. The van der Waals surface area contributed by atoms with Crippen LogP contribution in [0.3, 0.4) is 0 Å². The first kappa shape index (κ1) is 24.6. The minimum absolute atomic E-state index is 0.0290. The summed E-state index contributed by atoms with van der Waals surface area (Å²) < 4.78 is 10.6. The summed E-state index contributed by atoms with van der Waals surface area (Å²) in [5.41, 5.74) is 7.76. The lowest BCUT2D eigenvalue weighted by atomic mass is 10.1. The Kier molecular flexibility index (Phi) is 5.95. The summed E-state index contributed by atoms with van der Waals surface area (Å²) in [5, 5.41) is 10.9. The Morgan fingerprint density at radius 3 is 2.10 bits per heavy atom. The number of methoxy groups -OCH3 is 1. The number of anilines is 1. The second kappa shape index (κ2) is 9.66. The molecule has 200 valence electrons. The van der Waals surface area contributed by atoms with E-state index in [0.717, 1.165) is 51.6 Å². The van der Waals surface area contributed by atoms with Gasteiger partial charge in [-0.15, -0.1) is 0 Å². The number of allylic oxidation sites excluding steroid dienone is 1. The van der Waals surface area contributed by atoms with Gasteiger partial charge in [-0.1, -0.05) is 67.6 Å². The number of fused-ring (bicyclic) bond motifs is 5. The lowest BCUT2D eigenvalue weighted by molar-refractivity contribution is 0.0634. The first-order valence-corrected chi connectivity index (χ1v) is 14.0. The zero-order chi connectivity index (χ0) is 27.4. The van der Waals surface area contributed by atoms with Gasteiger partial charge in [-0.3, -0.25) is 14.5 Å². The number of aromatic nitrogens is 3. The molecular weight excluding hydrogens is 494 g/mol. The van der Waals surface area contributed by atoms with Gasteiger partial charge < -0.3 is 10.1 Å². The molecule has 40 heavy (non-hydrogen) atoms. The van der Waals surface area contributed by atoms with E-state index in [4.69, 9.17) is 9.72 Å². The van der Waals surface area contributed by atoms with Crippen LogP contribution in [0.1, 0.15) is 43.3 Å². The van der Waals surface area contributed by atoms with E-state index >= 15 is 0 Å². The molecule has 4 heterocycles. The van der Waals surface area contributed by atoms with Crippen LogP contribution in [0.2, 0.25) is 0 Å². The molecule has 1 aliphatic heterocycles. The maximum atomic E-state index is 6.03. The van der Waals surface area contributed by atoms with Crippen LogP contribution < -0.4 is 10.6 Å². The third-order valence-electron chi connectivity index (χ3n) is 8.00. The van der Waals surface area contributed by atoms with Crippen molar-refractivity contribution in [3.05, 3.63) is 102 Å². The summed E-state index contributed by atoms with van der Waals surface area (Å²) in [6, 6.07) is 27.9. The van der Waals surface area contributed by atoms with Crippen molar-refractivity contribution in [3.8, 4) is 11.6 Å². The van der Waals surface area contributed by atoms with E-state index in [0.29, 0.717) is 0 Å². The number of nitrogens with zero attached hydrogens (tertiary/aromatic N) is 3. The van der Waals surface area contributed by atoms with E-state index in [1.807, 2.05) is 0 Å². The van der Waals surface area contributed by atoms with Crippen LogP contribution >= 0.6 is 0 Å². The molecule has 2 atom stereocenters. The van der Waals surface area contributed by atoms with Crippen LogP contribution in [-0.4, -0.2) is 27.4 Å². The van der Waals surface area contributed by atoms with Crippen LogP contribution in [0.15, 0.2) is 84.9 Å². The first-order valence-electron chi connectivity index (χ1n) is 14.0. The number of ether oxygens (including phenoxy) is 1. The van der Waals surface area contributed by atoms with Crippen molar-refractivity contribution in [2.75, 3.05) is 12.4 Å². The summed E-state index contributed by atoms with van der Waals surface area (Å²) in [6.45, 7) is 6.47. The second-order valence-electron chi connectivity index (χ2n) is 10.5. The number of hydrogen-bond donors (Lipinski definition) is 2. The van der Waals surface area contributed by atoms with Crippen LogP contribution in [0.25, 0.3) is 50.4 Å². The highest BCUT2D eigenvalue weighted by Crippen LogP contribution is 2.40. The van der Waals surface area contributed by atoms with Gasteiger partial charge in [0.05, 0.1) is 34.0 Å². The number of nitrogens with one attached hydrogen (secondary N) is 2. The highest BCUT2D eigenvalue weighted by atomic mass is 16.5. The molecule has 0 radical (unpaired) electrons. The lowest BCUT2D eigenvalue weighted by Crippen LogP contribution is -2.42. The highest BCUT2D eigenvalue weighted by molar-refractivity contribution is 6.09. The molecule has 2 N–H and O–H groups in total. The first-order chi connectivity index (χ1) is 19.6. The molecule has 0 spiro atoms. The molecule has 6 heteroatoms. The predicted molar refractivity (Wildman–Crippen MR) is 165 cm³/mol. The molecule has 0 amide bonds. The SMILES string of the molecule is CC/C=C\c1c(C)c2ccccc2n1-c1nc(-n2c3ccccc3c3ccccc32)cc2c1C(OC)NC(C)N2. The van der Waals surface area contributed by atoms with Crippen molar-refractivity contribution in [3.63, 3.8) is 0 Å². The molecule has 7 rings (SSSR count). The fourth-order valence-corrected chi connectivity index (χ4v) is 6.21. The average Bonchev–Trinajstić information content (AvgIpc) is 3.46. The summed E-state index contributed by atoms with van der Waals surface area (Å²) in [5.74, 6) is 1.72. The minimum atomic E-state index is -0.314. The number of benzene rings is 3. The van der Waals surface area contributed by atoms with Gasteiger partial charge in [-0.05, 0) is 50.1 Å². The average molecular weight is 528 g/mol. The van der Waals surface area contributed by atoms with E-state index < -0.39 is 0 Å². The van der Waals surface area contributed by atoms with E-state index in [2.05, 4.69) is 132 Å². The lowest BCUT2D eigenvalue weighted by Gasteiger charge is -2.34. The molecule has 3 aromatic heterocycles. The van der Waals surface area contributed by atoms with E-state index in [1.54, 1.807) is 7.11 Å². The molecule has 6 nitrogen and oxygen atoms in total. The van der Waals surface area contributed by atoms with E-state index in [9.17, 15) is 0 Å². The highest BCUT2D eigenvalue weighted by Gasteiger charge is 2.31. The van der Waals surface area contributed by atoms with Crippen molar-refractivity contribution in [2.45, 2.75) is 39.6 Å². The molecule has 0 fully saturated rings. The summed E-state index contributed by atoms with van der Waals surface area (Å²) in [7, 11) is 1.75. The third kappa shape index (κ3) is 3.68. The Hall–Kier alpha value is -4.39. The summed E-state index contributed by atoms with van der Waals surface area (Å²) in [6.07, 6.45) is 5.11. The summed E-state index contributed by atoms with van der Waals surface area (Å²) >= 11 is 0. The number of hydrogen-bond acceptors (Lipinski definition) is 4.